The maximum atomic E-state index is 2.43. The molecule has 0 saturated carbocycles. The second kappa shape index (κ2) is 11.2. The zero-order valence-corrected chi connectivity index (χ0v) is 29.7. The van der Waals surface area contributed by atoms with Gasteiger partial charge < -0.3 is 9.47 Å². The van der Waals surface area contributed by atoms with Gasteiger partial charge in [0.05, 0.1) is 16.7 Å². The van der Waals surface area contributed by atoms with Crippen molar-refractivity contribution in [1.82, 2.24) is 4.57 Å². The highest BCUT2D eigenvalue weighted by Crippen LogP contribution is 2.55. The zero-order valence-electron chi connectivity index (χ0n) is 29.7. The molecule has 10 aromatic rings. The summed E-state index contributed by atoms with van der Waals surface area (Å²) in [6, 6.07) is 66.9. The fraction of sp³-hybridized carbons (Fsp3) is 0.0588. The Bertz CT molecular complexity index is 3080. The monoisotopic (exact) mass is 676 g/mol. The van der Waals surface area contributed by atoms with E-state index >= 15 is 0 Å². The molecule has 0 aliphatic heterocycles. The van der Waals surface area contributed by atoms with Gasteiger partial charge in [-0.15, -0.1) is 0 Å². The molecule has 1 aromatic heterocycles. The zero-order chi connectivity index (χ0) is 35.3. The number of para-hydroxylation sites is 4. The highest BCUT2D eigenvalue weighted by Gasteiger charge is 2.38. The van der Waals surface area contributed by atoms with Crippen LogP contribution in [0.3, 0.4) is 0 Å². The highest BCUT2D eigenvalue weighted by molar-refractivity contribution is 6.27. The molecule has 2 nitrogen and oxygen atoms in total. The van der Waals surface area contributed by atoms with Crippen molar-refractivity contribution in [2.24, 2.45) is 0 Å². The van der Waals surface area contributed by atoms with E-state index < -0.39 is 0 Å². The van der Waals surface area contributed by atoms with Gasteiger partial charge in [-0.2, -0.15) is 0 Å². The number of hydrogen-bond acceptors (Lipinski definition) is 1. The Morgan fingerprint density at radius 3 is 1.96 bits per heavy atom. The molecule has 0 amide bonds. The Kier molecular flexibility index (Phi) is 6.33. The fourth-order valence-corrected chi connectivity index (χ4v) is 9.48. The van der Waals surface area contributed by atoms with Gasteiger partial charge in [0.1, 0.15) is 0 Å². The van der Waals surface area contributed by atoms with Gasteiger partial charge in [-0.25, -0.2) is 0 Å². The second-order valence-corrected chi connectivity index (χ2v) is 14.9. The molecule has 1 aliphatic rings. The largest absolute Gasteiger partial charge is 0.308 e. The number of nitrogens with zero attached hydrogens (tertiary/aromatic N) is 2. The van der Waals surface area contributed by atoms with E-state index in [9.17, 15) is 0 Å². The maximum Gasteiger partial charge on any atom is 0.0782 e. The number of fused-ring (bicyclic) bond motifs is 13. The minimum absolute atomic E-state index is 0.0854. The molecular formula is C51H36N2. The van der Waals surface area contributed by atoms with Crippen LogP contribution in [0.2, 0.25) is 0 Å². The van der Waals surface area contributed by atoms with Gasteiger partial charge in [0.25, 0.3) is 0 Å². The molecule has 0 fully saturated rings. The molecule has 0 bridgehead atoms. The molecule has 11 rings (SSSR count). The Hall–Kier alpha value is -6.64. The Balaban J connectivity index is 1.20. The number of hydrogen-bond donors (Lipinski definition) is 0. The van der Waals surface area contributed by atoms with Gasteiger partial charge in [-0.05, 0) is 103 Å². The Labute approximate surface area is 308 Å². The summed E-state index contributed by atoms with van der Waals surface area (Å²) in [5, 5.41) is 10.3. The van der Waals surface area contributed by atoms with E-state index in [4.69, 9.17) is 0 Å². The van der Waals surface area contributed by atoms with Crippen LogP contribution in [0.25, 0.3) is 70.9 Å². The molecule has 0 saturated heterocycles. The van der Waals surface area contributed by atoms with Crippen LogP contribution in [0.4, 0.5) is 17.1 Å². The van der Waals surface area contributed by atoms with Crippen LogP contribution < -0.4 is 4.90 Å². The summed E-state index contributed by atoms with van der Waals surface area (Å²) in [7, 11) is 0. The summed E-state index contributed by atoms with van der Waals surface area (Å²) in [6.07, 6.45) is 0. The van der Waals surface area contributed by atoms with Crippen LogP contribution in [0.15, 0.2) is 182 Å². The van der Waals surface area contributed by atoms with E-state index in [0.29, 0.717) is 0 Å². The van der Waals surface area contributed by atoms with E-state index in [1.807, 2.05) is 0 Å². The van der Waals surface area contributed by atoms with Crippen LogP contribution >= 0.6 is 0 Å². The molecule has 53 heavy (non-hydrogen) atoms. The quantitative estimate of drug-likeness (QED) is 0.168. The first kappa shape index (κ1) is 30.0. The summed E-state index contributed by atoms with van der Waals surface area (Å²) in [4.78, 5) is 2.43. The van der Waals surface area contributed by atoms with Crippen molar-refractivity contribution >= 4 is 71.2 Å². The molecule has 0 unspecified atom stereocenters. The smallest absolute Gasteiger partial charge is 0.0782 e. The van der Waals surface area contributed by atoms with Crippen LogP contribution in [-0.4, -0.2) is 4.57 Å². The predicted molar refractivity (Wildman–Crippen MR) is 226 cm³/mol. The van der Waals surface area contributed by atoms with E-state index in [-0.39, 0.29) is 5.41 Å². The van der Waals surface area contributed by atoms with E-state index in [1.165, 1.54) is 76.4 Å². The first-order valence-corrected chi connectivity index (χ1v) is 18.5. The van der Waals surface area contributed by atoms with Crippen molar-refractivity contribution < 1.29 is 0 Å². The third-order valence-corrected chi connectivity index (χ3v) is 11.7. The number of aromatic nitrogens is 1. The van der Waals surface area contributed by atoms with Gasteiger partial charge in [0.15, 0.2) is 0 Å². The molecular weight excluding hydrogens is 641 g/mol. The minimum Gasteiger partial charge on any atom is -0.308 e. The average Bonchev–Trinajstić information content (AvgIpc) is 3.68. The van der Waals surface area contributed by atoms with Crippen LogP contribution in [0.1, 0.15) is 25.0 Å². The standard InChI is InChI=1S/C51H36N2/c1-51(2)44-25-13-11-23-42(44)48-43-30-28-33-32-36(29-31-37(33)47(43)39-21-9-10-22-40(39)49(48)51)52(34-16-5-3-6-17-34)46-27-15-24-41-38-20-12-14-26-45(38)53(50(41)46)35-18-7-4-8-19-35/h3-32H,1-2H3. The molecule has 250 valence electrons. The van der Waals surface area contributed by atoms with Gasteiger partial charge in [0, 0.05) is 33.2 Å². The average molecular weight is 677 g/mol. The maximum absolute atomic E-state index is 2.43. The summed E-state index contributed by atoms with van der Waals surface area (Å²) in [5.41, 5.74) is 12.4. The summed E-state index contributed by atoms with van der Waals surface area (Å²) >= 11 is 0. The van der Waals surface area contributed by atoms with E-state index in [0.717, 1.165) is 22.7 Å². The summed E-state index contributed by atoms with van der Waals surface area (Å²) in [6.45, 7) is 4.78. The Morgan fingerprint density at radius 1 is 0.472 bits per heavy atom. The van der Waals surface area contributed by atoms with Gasteiger partial charge >= 0.3 is 0 Å². The molecule has 0 atom stereocenters. The topological polar surface area (TPSA) is 8.17 Å². The van der Waals surface area contributed by atoms with Crippen molar-refractivity contribution in [3.8, 4) is 16.8 Å². The lowest BCUT2D eigenvalue weighted by atomic mass is 9.79. The van der Waals surface area contributed by atoms with Gasteiger partial charge in [-0.1, -0.05) is 147 Å². The molecule has 0 spiro atoms. The van der Waals surface area contributed by atoms with E-state index in [1.54, 1.807) is 0 Å². The lowest BCUT2D eigenvalue weighted by Crippen LogP contribution is -2.15. The first-order valence-electron chi connectivity index (χ1n) is 18.5. The number of benzene rings is 9. The first-order chi connectivity index (χ1) is 26.1. The molecule has 1 heterocycles. The summed E-state index contributed by atoms with van der Waals surface area (Å²) in [5.74, 6) is 0. The molecule has 0 radical (unpaired) electrons. The summed E-state index contributed by atoms with van der Waals surface area (Å²) < 4.78 is 2.43. The van der Waals surface area contributed by atoms with Crippen LogP contribution in [0, 0.1) is 0 Å². The predicted octanol–water partition coefficient (Wildman–Crippen LogP) is 14.0. The van der Waals surface area contributed by atoms with Crippen molar-refractivity contribution in [2.75, 3.05) is 4.90 Å². The van der Waals surface area contributed by atoms with Crippen molar-refractivity contribution in [1.29, 1.82) is 0 Å². The molecule has 0 N–H and O–H groups in total. The number of rotatable bonds is 4. The Morgan fingerprint density at radius 2 is 1.13 bits per heavy atom. The minimum atomic E-state index is -0.0854. The van der Waals surface area contributed by atoms with Crippen molar-refractivity contribution in [2.45, 2.75) is 19.3 Å². The fourth-order valence-electron chi connectivity index (χ4n) is 9.48. The lowest BCUT2D eigenvalue weighted by molar-refractivity contribution is 0.666. The molecule has 9 aromatic carbocycles. The third kappa shape index (κ3) is 4.21. The van der Waals surface area contributed by atoms with Crippen LogP contribution in [0.5, 0.6) is 0 Å². The molecule has 1 aliphatic carbocycles. The van der Waals surface area contributed by atoms with E-state index in [2.05, 4.69) is 205 Å². The number of anilines is 3. The van der Waals surface area contributed by atoms with Crippen molar-refractivity contribution in [3.05, 3.63) is 193 Å². The molecule has 2 heteroatoms. The van der Waals surface area contributed by atoms with Gasteiger partial charge in [-0.3, -0.25) is 0 Å². The van der Waals surface area contributed by atoms with Gasteiger partial charge in [0.2, 0.25) is 0 Å². The second-order valence-electron chi connectivity index (χ2n) is 14.9. The van der Waals surface area contributed by atoms with Crippen molar-refractivity contribution in [3.63, 3.8) is 0 Å². The normalized spacial score (nSPS) is 13.2. The lowest BCUT2D eigenvalue weighted by Gasteiger charge is -2.27. The highest BCUT2D eigenvalue weighted by atomic mass is 15.2. The SMILES string of the molecule is CC1(C)c2ccccc2-c2c1c1ccccc1c1c2ccc2cc(N(c3ccccc3)c3cccc4c5ccccc5n(-c5ccccc5)c34)ccc21. The third-order valence-electron chi connectivity index (χ3n) is 11.7. The van der Waals surface area contributed by atoms with Crippen LogP contribution in [-0.2, 0) is 5.41 Å².